The summed E-state index contributed by atoms with van der Waals surface area (Å²) in [4.78, 5) is 20.3. The van der Waals surface area contributed by atoms with Crippen LogP contribution in [0.3, 0.4) is 0 Å². The predicted octanol–water partition coefficient (Wildman–Crippen LogP) is 5.04. The molecule has 5 rings (SSSR count). The van der Waals surface area contributed by atoms with Gasteiger partial charge in [0.15, 0.2) is 21.3 Å². The van der Waals surface area contributed by atoms with Gasteiger partial charge in [-0.2, -0.15) is 0 Å². The van der Waals surface area contributed by atoms with E-state index >= 15 is 0 Å². The number of carbonyl (C=O) groups is 1. The lowest BCUT2D eigenvalue weighted by molar-refractivity contribution is -0.115. The van der Waals surface area contributed by atoms with Crippen LogP contribution < -0.4 is 14.8 Å². The Balaban J connectivity index is 1.51. The Morgan fingerprint density at radius 2 is 1.76 bits per heavy atom. The van der Waals surface area contributed by atoms with Gasteiger partial charge in [0, 0.05) is 22.8 Å². The fraction of sp³-hybridized carbons (Fsp3) is 0.286. The number of fused-ring (bicyclic) bond motifs is 2. The molecule has 0 aliphatic carbocycles. The second-order valence-corrected chi connectivity index (χ2v) is 11.6. The van der Waals surface area contributed by atoms with Crippen molar-refractivity contribution in [3.8, 4) is 11.5 Å². The summed E-state index contributed by atoms with van der Waals surface area (Å²) in [7, 11) is -3.45. The molecule has 0 fully saturated rings. The van der Waals surface area contributed by atoms with E-state index in [2.05, 4.69) is 10.2 Å². The van der Waals surface area contributed by atoms with E-state index in [1.165, 1.54) is 0 Å². The van der Waals surface area contributed by atoms with Gasteiger partial charge in [-0.05, 0) is 73.3 Å². The number of halogens is 1. The van der Waals surface area contributed by atoms with Gasteiger partial charge in [-0.1, -0.05) is 31.5 Å². The highest BCUT2D eigenvalue weighted by Gasteiger charge is 2.36. The molecule has 10 heteroatoms. The lowest BCUT2D eigenvalue weighted by atomic mass is 9.90. The fourth-order valence-corrected chi connectivity index (χ4v) is 6.09. The normalized spacial score (nSPS) is 16.6. The number of ether oxygens (including phenoxy) is 2. The van der Waals surface area contributed by atoms with Gasteiger partial charge in [0.2, 0.25) is 12.7 Å². The van der Waals surface area contributed by atoms with Crippen molar-refractivity contribution in [1.29, 1.82) is 0 Å². The van der Waals surface area contributed by atoms with Gasteiger partial charge in [0.25, 0.3) is 0 Å². The molecule has 0 saturated heterocycles. The number of hydrogen-bond donors (Lipinski definition) is 1. The average Bonchev–Trinajstić information content (AvgIpc) is 3.51. The zero-order chi connectivity index (χ0) is 26.9. The number of sulfone groups is 1. The lowest BCUT2D eigenvalue weighted by Gasteiger charge is -2.17. The van der Waals surface area contributed by atoms with E-state index in [0.29, 0.717) is 45.7 Å². The van der Waals surface area contributed by atoms with Crippen LogP contribution in [0.25, 0.3) is 0 Å². The average molecular weight is 554 g/mol. The molecule has 0 saturated carbocycles. The second kappa shape index (κ2) is 10.8. The molecular weight excluding hydrogens is 526 g/mol. The third kappa shape index (κ3) is 5.27. The van der Waals surface area contributed by atoms with Gasteiger partial charge in [-0.25, -0.2) is 8.42 Å². The van der Waals surface area contributed by atoms with E-state index in [4.69, 9.17) is 26.1 Å². The summed E-state index contributed by atoms with van der Waals surface area (Å²) >= 11 is 6.15. The number of aliphatic imine (C=N–C) groups is 1. The van der Waals surface area contributed by atoms with Crippen LogP contribution in [-0.4, -0.2) is 57.1 Å². The monoisotopic (exact) mass is 553 g/mol. The van der Waals surface area contributed by atoms with Gasteiger partial charge < -0.3 is 19.7 Å². The van der Waals surface area contributed by atoms with E-state index in [9.17, 15) is 13.2 Å². The Bertz CT molecular complexity index is 1500. The molecule has 0 spiro atoms. The molecule has 0 radical (unpaired) electrons. The largest absolute Gasteiger partial charge is 0.454 e. The van der Waals surface area contributed by atoms with Crippen molar-refractivity contribution in [3.63, 3.8) is 0 Å². The maximum absolute atomic E-state index is 13.2. The number of nitrogens with one attached hydrogen (secondary N) is 1. The van der Waals surface area contributed by atoms with Crippen LogP contribution in [0.15, 0.2) is 70.6 Å². The van der Waals surface area contributed by atoms with Gasteiger partial charge in [-0.3, -0.25) is 9.79 Å². The summed E-state index contributed by atoms with van der Waals surface area (Å²) < 4.78 is 36.8. The van der Waals surface area contributed by atoms with Crippen LogP contribution >= 0.6 is 11.6 Å². The minimum atomic E-state index is -3.45. The van der Waals surface area contributed by atoms with Crippen molar-refractivity contribution in [2.75, 3.05) is 37.5 Å². The number of benzene rings is 3. The highest BCUT2D eigenvalue weighted by molar-refractivity contribution is 7.91. The smallest absolute Gasteiger partial charge is 0.238 e. The minimum Gasteiger partial charge on any atom is -0.454 e. The first-order valence-corrected chi connectivity index (χ1v) is 14.5. The Kier molecular flexibility index (Phi) is 7.43. The summed E-state index contributed by atoms with van der Waals surface area (Å²) in [5, 5.41) is 3.41. The molecule has 1 unspecified atom stereocenters. The molecule has 2 aliphatic rings. The third-order valence-electron chi connectivity index (χ3n) is 6.80. The summed E-state index contributed by atoms with van der Waals surface area (Å²) in [5.74, 6) is 0.311. The van der Waals surface area contributed by atoms with Crippen molar-refractivity contribution in [1.82, 2.24) is 4.90 Å². The van der Waals surface area contributed by atoms with Crippen LogP contribution in [0.4, 0.5) is 11.4 Å². The van der Waals surface area contributed by atoms with Crippen molar-refractivity contribution in [2.24, 2.45) is 4.99 Å². The fourth-order valence-electron chi connectivity index (χ4n) is 4.63. The Morgan fingerprint density at radius 3 is 2.50 bits per heavy atom. The molecule has 0 bridgehead atoms. The number of amides is 1. The zero-order valence-electron chi connectivity index (χ0n) is 21.1. The van der Waals surface area contributed by atoms with Crippen LogP contribution in [0.1, 0.15) is 30.9 Å². The molecule has 38 heavy (non-hydrogen) atoms. The SMILES string of the molecule is CCN(CC)CCS(=O)(=O)c1ccc(N=C(c2ccc3c(c2)OCO3)C2C(=O)Nc3cc(Cl)ccc32)cc1. The molecule has 1 atom stereocenters. The molecule has 2 heterocycles. The summed E-state index contributed by atoms with van der Waals surface area (Å²) in [6, 6.07) is 17.1. The molecular formula is C28H28ClN3O5S. The first kappa shape index (κ1) is 26.2. The van der Waals surface area contributed by atoms with E-state index in [0.717, 1.165) is 18.7 Å². The molecule has 1 N–H and O–H groups in total. The van der Waals surface area contributed by atoms with Crippen molar-refractivity contribution in [3.05, 3.63) is 76.8 Å². The van der Waals surface area contributed by atoms with Gasteiger partial charge >= 0.3 is 0 Å². The van der Waals surface area contributed by atoms with Crippen molar-refractivity contribution in [2.45, 2.75) is 24.7 Å². The minimum absolute atomic E-state index is 0.0430. The third-order valence-corrected chi connectivity index (χ3v) is 8.75. The lowest BCUT2D eigenvalue weighted by Crippen LogP contribution is -2.29. The van der Waals surface area contributed by atoms with E-state index < -0.39 is 15.8 Å². The number of carbonyl (C=O) groups excluding carboxylic acids is 1. The Labute approximate surface area is 227 Å². The van der Waals surface area contributed by atoms with Crippen molar-refractivity contribution >= 4 is 44.4 Å². The Hall–Kier alpha value is -3.40. The Morgan fingerprint density at radius 1 is 1.03 bits per heavy atom. The molecule has 8 nitrogen and oxygen atoms in total. The molecule has 198 valence electrons. The van der Waals surface area contributed by atoms with Crippen LogP contribution in [0, 0.1) is 0 Å². The first-order valence-electron chi connectivity index (χ1n) is 12.4. The molecule has 0 aromatic heterocycles. The topological polar surface area (TPSA) is 97.3 Å². The maximum Gasteiger partial charge on any atom is 0.238 e. The first-order chi connectivity index (χ1) is 18.3. The van der Waals surface area contributed by atoms with Gasteiger partial charge in [0.05, 0.1) is 22.0 Å². The summed E-state index contributed by atoms with van der Waals surface area (Å²) in [6.45, 7) is 6.22. The highest BCUT2D eigenvalue weighted by Crippen LogP contribution is 2.40. The standard InChI is InChI=1S/C28H28ClN3O5S/c1-3-32(4-2)13-14-38(34,35)21-9-7-20(8-10-21)30-27(18-5-12-24-25(15-18)37-17-36-24)26-22-11-6-19(29)16-23(22)31-28(26)33/h5-12,15-16,26H,3-4,13-14,17H2,1-2H3,(H,31,33). The summed E-state index contributed by atoms with van der Waals surface area (Å²) in [6.07, 6.45) is 0. The number of hydrogen-bond acceptors (Lipinski definition) is 7. The molecule has 2 aliphatic heterocycles. The molecule has 1 amide bonds. The molecule has 3 aromatic rings. The second-order valence-electron chi connectivity index (χ2n) is 9.06. The maximum atomic E-state index is 13.2. The van der Waals surface area contributed by atoms with Gasteiger partial charge in [0.1, 0.15) is 5.92 Å². The van der Waals surface area contributed by atoms with E-state index in [1.54, 1.807) is 48.5 Å². The van der Waals surface area contributed by atoms with E-state index in [1.807, 2.05) is 26.0 Å². The van der Waals surface area contributed by atoms with Crippen LogP contribution in [-0.2, 0) is 14.6 Å². The van der Waals surface area contributed by atoms with Crippen molar-refractivity contribution < 1.29 is 22.7 Å². The zero-order valence-corrected chi connectivity index (χ0v) is 22.7. The van der Waals surface area contributed by atoms with Crippen LogP contribution in [0.5, 0.6) is 11.5 Å². The molecule has 3 aromatic carbocycles. The number of rotatable bonds is 9. The number of nitrogens with zero attached hydrogens (tertiary/aromatic N) is 2. The number of anilines is 1. The summed E-state index contributed by atoms with van der Waals surface area (Å²) in [5.41, 5.74) is 3.10. The van der Waals surface area contributed by atoms with Gasteiger partial charge in [-0.15, -0.1) is 0 Å². The van der Waals surface area contributed by atoms with E-state index in [-0.39, 0.29) is 23.3 Å². The quantitative estimate of drug-likeness (QED) is 0.373. The highest BCUT2D eigenvalue weighted by atomic mass is 35.5. The van der Waals surface area contributed by atoms with Crippen LogP contribution in [0.2, 0.25) is 5.02 Å². The predicted molar refractivity (Wildman–Crippen MR) is 148 cm³/mol.